The molecule has 2 aromatic rings. The molecule has 140 valence electrons. The molecule has 7 heteroatoms. The third-order valence-electron chi connectivity index (χ3n) is 4.28. The number of aliphatic hydroxyl groups is 1. The number of ether oxygens (including phenoxy) is 2. The van der Waals surface area contributed by atoms with Crippen molar-refractivity contribution in [1.29, 1.82) is 0 Å². The predicted octanol–water partition coefficient (Wildman–Crippen LogP) is 2.47. The molecule has 1 aliphatic carbocycles. The first-order valence-corrected chi connectivity index (χ1v) is 8.75. The Bertz CT molecular complexity index is 747. The first-order valence-electron chi connectivity index (χ1n) is 8.75. The van der Waals surface area contributed by atoms with E-state index in [1.165, 1.54) is 19.2 Å². The number of anilines is 2. The van der Waals surface area contributed by atoms with E-state index in [4.69, 9.17) is 9.47 Å². The third kappa shape index (κ3) is 4.98. The molecule has 0 radical (unpaired) electrons. The fourth-order valence-corrected chi connectivity index (χ4v) is 2.74. The molecule has 1 unspecified atom stereocenters. The number of hydrogen-bond acceptors (Lipinski definition) is 7. The Morgan fingerprint density at radius 2 is 1.85 bits per heavy atom. The SMILES string of the molecule is COc1ccc(CC(C)(O)CNc2cc(NC3CC3)ncn2)cc1OC. The summed E-state index contributed by atoms with van der Waals surface area (Å²) in [5, 5.41) is 17.3. The van der Waals surface area contributed by atoms with Gasteiger partial charge in [0.25, 0.3) is 0 Å². The number of aromatic nitrogens is 2. The molecule has 3 N–H and O–H groups in total. The van der Waals surface area contributed by atoms with Gasteiger partial charge in [-0.3, -0.25) is 0 Å². The van der Waals surface area contributed by atoms with Crippen molar-refractivity contribution in [3.05, 3.63) is 36.2 Å². The molecule has 7 nitrogen and oxygen atoms in total. The Balaban J connectivity index is 1.60. The van der Waals surface area contributed by atoms with Crippen molar-refractivity contribution in [2.75, 3.05) is 31.4 Å². The molecule has 0 bridgehead atoms. The number of nitrogens with zero attached hydrogens (tertiary/aromatic N) is 2. The van der Waals surface area contributed by atoms with Gasteiger partial charge in [-0.15, -0.1) is 0 Å². The second kappa shape index (κ2) is 7.78. The number of hydrogen-bond donors (Lipinski definition) is 3. The molecule has 0 amide bonds. The molecule has 1 aromatic carbocycles. The van der Waals surface area contributed by atoms with Crippen molar-refractivity contribution in [3.8, 4) is 11.5 Å². The summed E-state index contributed by atoms with van der Waals surface area (Å²) in [4.78, 5) is 8.43. The molecule has 1 heterocycles. The van der Waals surface area contributed by atoms with Crippen LogP contribution in [-0.2, 0) is 6.42 Å². The zero-order valence-electron chi connectivity index (χ0n) is 15.5. The smallest absolute Gasteiger partial charge is 0.160 e. The van der Waals surface area contributed by atoms with E-state index < -0.39 is 5.60 Å². The van der Waals surface area contributed by atoms with Crippen molar-refractivity contribution in [2.24, 2.45) is 0 Å². The van der Waals surface area contributed by atoms with Gasteiger partial charge in [-0.2, -0.15) is 0 Å². The second-order valence-electron chi connectivity index (χ2n) is 6.92. The van der Waals surface area contributed by atoms with E-state index in [0.29, 0.717) is 36.3 Å². The molecule has 1 aromatic heterocycles. The quantitative estimate of drug-likeness (QED) is 0.634. The number of methoxy groups -OCH3 is 2. The lowest BCUT2D eigenvalue weighted by atomic mass is 9.96. The van der Waals surface area contributed by atoms with Crippen molar-refractivity contribution >= 4 is 11.6 Å². The van der Waals surface area contributed by atoms with Crippen molar-refractivity contribution in [1.82, 2.24) is 9.97 Å². The van der Waals surface area contributed by atoms with Crippen LogP contribution in [0.15, 0.2) is 30.6 Å². The highest BCUT2D eigenvalue weighted by Crippen LogP contribution is 2.29. The Kier molecular flexibility index (Phi) is 5.46. The Morgan fingerprint density at radius 1 is 1.12 bits per heavy atom. The van der Waals surface area contributed by atoms with Gasteiger partial charge in [0.05, 0.1) is 19.8 Å². The van der Waals surface area contributed by atoms with Crippen LogP contribution in [0.5, 0.6) is 11.5 Å². The normalized spacial score (nSPS) is 15.8. The zero-order valence-corrected chi connectivity index (χ0v) is 15.5. The lowest BCUT2D eigenvalue weighted by molar-refractivity contribution is 0.0740. The lowest BCUT2D eigenvalue weighted by Gasteiger charge is -2.24. The molecule has 1 saturated carbocycles. The molecule has 26 heavy (non-hydrogen) atoms. The van der Waals surface area contributed by atoms with E-state index in [9.17, 15) is 5.11 Å². The summed E-state index contributed by atoms with van der Waals surface area (Å²) in [5.74, 6) is 2.83. The third-order valence-corrected chi connectivity index (χ3v) is 4.28. The summed E-state index contributed by atoms with van der Waals surface area (Å²) in [5.41, 5.74) is 0.0162. The Labute approximate surface area is 153 Å². The monoisotopic (exact) mass is 358 g/mol. The number of nitrogens with one attached hydrogen (secondary N) is 2. The van der Waals surface area contributed by atoms with E-state index in [1.54, 1.807) is 21.1 Å². The van der Waals surface area contributed by atoms with Crippen LogP contribution in [0.2, 0.25) is 0 Å². The topological polar surface area (TPSA) is 88.5 Å². The van der Waals surface area contributed by atoms with Crippen LogP contribution in [0.1, 0.15) is 25.3 Å². The first kappa shape index (κ1) is 18.3. The maximum atomic E-state index is 10.8. The van der Waals surface area contributed by atoms with Gasteiger partial charge in [-0.05, 0) is 37.5 Å². The number of rotatable bonds is 9. The summed E-state index contributed by atoms with van der Waals surface area (Å²) in [7, 11) is 3.20. The van der Waals surface area contributed by atoms with Crippen LogP contribution in [0.4, 0.5) is 11.6 Å². The van der Waals surface area contributed by atoms with Crippen molar-refractivity contribution in [2.45, 2.75) is 37.8 Å². The molecule has 3 rings (SSSR count). The minimum absolute atomic E-state index is 0.362. The fourth-order valence-electron chi connectivity index (χ4n) is 2.74. The zero-order chi connectivity index (χ0) is 18.6. The fraction of sp³-hybridized carbons (Fsp3) is 0.474. The molecule has 1 aliphatic rings. The van der Waals surface area contributed by atoms with Crippen LogP contribution in [0.3, 0.4) is 0 Å². The van der Waals surface area contributed by atoms with E-state index in [1.807, 2.05) is 24.3 Å². The highest BCUT2D eigenvalue weighted by atomic mass is 16.5. The van der Waals surface area contributed by atoms with Crippen LogP contribution in [-0.4, -0.2) is 47.5 Å². The summed E-state index contributed by atoms with van der Waals surface area (Å²) in [6, 6.07) is 8.06. The van der Waals surface area contributed by atoms with Gasteiger partial charge in [-0.25, -0.2) is 9.97 Å². The van der Waals surface area contributed by atoms with Crippen LogP contribution in [0.25, 0.3) is 0 Å². The summed E-state index contributed by atoms with van der Waals surface area (Å²) in [6.45, 7) is 2.16. The first-order chi connectivity index (χ1) is 12.5. The standard InChI is InChI=1S/C19H26N4O3/c1-19(24,10-13-4-7-15(25-2)16(8-13)26-3)11-20-17-9-18(22-12-21-17)23-14-5-6-14/h4,7-9,12,14,24H,5-6,10-11H2,1-3H3,(H2,20,21,22,23). The van der Waals surface area contributed by atoms with Crippen molar-refractivity contribution in [3.63, 3.8) is 0 Å². The van der Waals surface area contributed by atoms with Crippen molar-refractivity contribution < 1.29 is 14.6 Å². The highest BCUT2D eigenvalue weighted by molar-refractivity contribution is 5.48. The van der Waals surface area contributed by atoms with E-state index in [0.717, 1.165) is 11.4 Å². The van der Waals surface area contributed by atoms with Gasteiger partial charge in [0, 0.05) is 25.1 Å². The highest BCUT2D eigenvalue weighted by Gasteiger charge is 2.23. The van der Waals surface area contributed by atoms with Gasteiger partial charge in [-0.1, -0.05) is 6.07 Å². The minimum atomic E-state index is -0.950. The molecular formula is C19H26N4O3. The van der Waals surface area contributed by atoms with E-state index >= 15 is 0 Å². The Morgan fingerprint density at radius 3 is 2.54 bits per heavy atom. The Hall–Kier alpha value is -2.54. The van der Waals surface area contributed by atoms with Gasteiger partial charge in [0.15, 0.2) is 11.5 Å². The van der Waals surface area contributed by atoms with Crippen LogP contribution >= 0.6 is 0 Å². The van der Waals surface area contributed by atoms with E-state index in [-0.39, 0.29) is 0 Å². The maximum Gasteiger partial charge on any atom is 0.160 e. The predicted molar refractivity (Wildman–Crippen MR) is 101 cm³/mol. The molecule has 0 saturated heterocycles. The summed E-state index contributed by atoms with van der Waals surface area (Å²) >= 11 is 0. The van der Waals surface area contributed by atoms with Gasteiger partial charge in [0.2, 0.25) is 0 Å². The average Bonchev–Trinajstić information content (AvgIpc) is 3.44. The summed E-state index contributed by atoms with van der Waals surface area (Å²) in [6.07, 6.45) is 4.37. The average molecular weight is 358 g/mol. The molecule has 1 atom stereocenters. The molecule has 0 aliphatic heterocycles. The molecular weight excluding hydrogens is 332 g/mol. The minimum Gasteiger partial charge on any atom is -0.493 e. The lowest BCUT2D eigenvalue weighted by Crippen LogP contribution is -2.36. The number of benzene rings is 1. The van der Waals surface area contributed by atoms with Gasteiger partial charge >= 0.3 is 0 Å². The molecule has 0 spiro atoms. The molecule has 1 fully saturated rings. The maximum absolute atomic E-state index is 10.8. The van der Waals surface area contributed by atoms with E-state index in [2.05, 4.69) is 20.6 Å². The van der Waals surface area contributed by atoms with Gasteiger partial charge in [0.1, 0.15) is 18.0 Å². The van der Waals surface area contributed by atoms with Crippen LogP contribution < -0.4 is 20.1 Å². The second-order valence-corrected chi connectivity index (χ2v) is 6.92. The largest absolute Gasteiger partial charge is 0.493 e. The van der Waals surface area contributed by atoms with Crippen LogP contribution in [0, 0.1) is 0 Å². The van der Waals surface area contributed by atoms with Gasteiger partial charge < -0.3 is 25.2 Å². The summed E-state index contributed by atoms with van der Waals surface area (Å²) < 4.78 is 10.6.